The van der Waals surface area contributed by atoms with Gasteiger partial charge >= 0.3 is 12.1 Å². The first kappa shape index (κ1) is 14.8. The Morgan fingerprint density at radius 2 is 1.90 bits per heavy atom. The summed E-state index contributed by atoms with van der Waals surface area (Å²) in [5.74, 6) is -0.172. The molecule has 0 aliphatic carbocycles. The lowest BCUT2D eigenvalue weighted by molar-refractivity contribution is -0.143. The van der Waals surface area contributed by atoms with Gasteiger partial charge in [0.15, 0.2) is 0 Å². The number of rotatable bonds is 2. The van der Waals surface area contributed by atoms with Gasteiger partial charge in [0.2, 0.25) is 0 Å². The van der Waals surface area contributed by atoms with Gasteiger partial charge in [0.25, 0.3) is 0 Å². The van der Waals surface area contributed by atoms with Crippen molar-refractivity contribution in [3.63, 3.8) is 0 Å². The zero-order chi connectivity index (χ0) is 14.8. The van der Waals surface area contributed by atoms with Crippen LogP contribution < -0.4 is 5.32 Å². The summed E-state index contributed by atoms with van der Waals surface area (Å²) in [4.78, 5) is 11.4. The number of carbonyl (C=O) groups is 1. The minimum Gasteiger partial charge on any atom is -0.468 e. The second-order valence-electron chi connectivity index (χ2n) is 4.88. The minimum atomic E-state index is -4.31. The van der Waals surface area contributed by atoms with E-state index in [-0.39, 0.29) is 17.9 Å². The van der Waals surface area contributed by atoms with Crippen molar-refractivity contribution >= 4 is 5.97 Å². The molecule has 1 aliphatic rings. The fourth-order valence-electron chi connectivity index (χ4n) is 2.43. The largest absolute Gasteiger partial charge is 0.468 e. The number of benzene rings is 1. The number of methoxy groups -OCH3 is 1. The molecule has 110 valence electrons. The summed E-state index contributed by atoms with van der Waals surface area (Å²) in [6.07, 6.45) is -2.93. The van der Waals surface area contributed by atoms with Crippen molar-refractivity contribution in [1.82, 2.24) is 5.32 Å². The van der Waals surface area contributed by atoms with E-state index in [4.69, 9.17) is 0 Å². The van der Waals surface area contributed by atoms with Gasteiger partial charge < -0.3 is 10.1 Å². The zero-order valence-electron chi connectivity index (χ0n) is 11.0. The molecule has 1 N–H and O–H groups in total. The van der Waals surface area contributed by atoms with Crippen LogP contribution in [0.5, 0.6) is 0 Å². The van der Waals surface area contributed by atoms with Gasteiger partial charge in [0.05, 0.1) is 12.7 Å². The Morgan fingerprint density at radius 3 is 2.35 bits per heavy atom. The summed E-state index contributed by atoms with van der Waals surface area (Å²) in [5.41, 5.74) is 0.214. The molecule has 0 amide bonds. The molecule has 2 rings (SSSR count). The maximum atomic E-state index is 12.5. The molecule has 0 spiro atoms. The third kappa shape index (κ3) is 3.30. The number of esters is 1. The van der Waals surface area contributed by atoms with Crippen molar-refractivity contribution in [1.29, 1.82) is 0 Å². The van der Waals surface area contributed by atoms with Crippen LogP contribution in [0.1, 0.15) is 29.9 Å². The van der Waals surface area contributed by atoms with Crippen molar-refractivity contribution in [3.05, 3.63) is 35.4 Å². The van der Waals surface area contributed by atoms with Crippen molar-refractivity contribution in [2.75, 3.05) is 13.7 Å². The summed E-state index contributed by atoms with van der Waals surface area (Å²) >= 11 is 0. The van der Waals surface area contributed by atoms with Gasteiger partial charge in [-0.15, -0.1) is 0 Å². The summed E-state index contributed by atoms with van der Waals surface area (Å²) in [5, 5.41) is 3.07. The van der Waals surface area contributed by atoms with E-state index >= 15 is 0 Å². The highest BCUT2D eigenvalue weighted by atomic mass is 19.4. The summed E-state index contributed by atoms with van der Waals surface area (Å²) in [7, 11) is 1.34. The molecule has 1 aliphatic heterocycles. The van der Waals surface area contributed by atoms with Gasteiger partial charge in [0.1, 0.15) is 6.04 Å². The van der Waals surface area contributed by atoms with Gasteiger partial charge in [-0.1, -0.05) is 12.1 Å². The molecule has 1 aromatic carbocycles. The Kier molecular flexibility index (Phi) is 4.32. The SMILES string of the molecule is COC(=O)[C@H]1CC[C@@H](c2ccc(C(F)(F)F)cc2)CN1. The lowest BCUT2D eigenvalue weighted by atomic mass is 9.88. The zero-order valence-corrected chi connectivity index (χ0v) is 11.0. The molecule has 0 aromatic heterocycles. The smallest absolute Gasteiger partial charge is 0.416 e. The molecule has 2 atom stereocenters. The average molecular weight is 287 g/mol. The van der Waals surface area contributed by atoms with E-state index in [1.54, 1.807) is 0 Å². The van der Waals surface area contributed by atoms with Crippen LogP contribution in [0.25, 0.3) is 0 Å². The van der Waals surface area contributed by atoms with E-state index in [9.17, 15) is 18.0 Å². The predicted octanol–water partition coefficient (Wildman–Crippen LogP) is 2.71. The Morgan fingerprint density at radius 1 is 1.25 bits per heavy atom. The quantitative estimate of drug-likeness (QED) is 0.850. The number of ether oxygens (including phenoxy) is 1. The number of hydrogen-bond donors (Lipinski definition) is 1. The van der Waals surface area contributed by atoms with Crippen LogP contribution in [0.4, 0.5) is 13.2 Å². The van der Waals surface area contributed by atoms with Crippen LogP contribution in [-0.2, 0) is 15.7 Å². The van der Waals surface area contributed by atoms with Crippen LogP contribution in [0, 0.1) is 0 Å². The molecule has 1 aromatic rings. The minimum absolute atomic E-state index is 0.123. The molecule has 0 radical (unpaired) electrons. The predicted molar refractivity (Wildman–Crippen MR) is 67.2 cm³/mol. The number of nitrogens with one attached hydrogen (secondary N) is 1. The first-order chi connectivity index (χ1) is 9.41. The van der Waals surface area contributed by atoms with E-state index in [1.165, 1.54) is 19.2 Å². The summed E-state index contributed by atoms with van der Waals surface area (Å²) in [6, 6.07) is 4.90. The number of piperidine rings is 1. The maximum absolute atomic E-state index is 12.5. The number of halogens is 3. The van der Waals surface area contributed by atoms with E-state index in [0.29, 0.717) is 13.0 Å². The second kappa shape index (κ2) is 5.83. The van der Waals surface area contributed by atoms with Crippen LogP contribution in [0.2, 0.25) is 0 Å². The van der Waals surface area contributed by atoms with Gasteiger partial charge in [0, 0.05) is 6.54 Å². The molecule has 0 saturated carbocycles. The lowest BCUT2D eigenvalue weighted by Gasteiger charge is -2.28. The van der Waals surface area contributed by atoms with Gasteiger partial charge in [-0.3, -0.25) is 4.79 Å². The van der Waals surface area contributed by atoms with Gasteiger partial charge in [-0.25, -0.2) is 0 Å². The summed E-state index contributed by atoms with van der Waals surface area (Å²) < 4.78 is 42.1. The number of alkyl halides is 3. The molecule has 6 heteroatoms. The third-order valence-corrected chi connectivity index (χ3v) is 3.61. The Hall–Kier alpha value is -1.56. The summed E-state index contributed by atoms with van der Waals surface area (Å²) in [6.45, 7) is 0.561. The van der Waals surface area contributed by atoms with Crippen LogP contribution >= 0.6 is 0 Å². The molecule has 0 bridgehead atoms. The fraction of sp³-hybridized carbons (Fsp3) is 0.500. The van der Waals surface area contributed by atoms with E-state index in [2.05, 4.69) is 10.1 Å². The first-order valence-corrected chi connectivity index (χ1v) is 6.40. The highest BCUT2D eigenvalue weighted by Gasteiger charge is 2.31. The number of hydrogen-bond acceptors (Lipinski definition) is 3. The van der Waals surface area contributed by atoms with E-state index in [1.807, 2.05) is 0 Å². The Labute approximate surface area is 115 Å². The van der Waals surface area contributed by atoms with Crippen molar-refractivity contribution in [3.8, 4) is 0 Å². The van der Waals surface area contributed by atoms with Crippen LogP contribution in [-0.4, -0.2) is 25.7 Å². The first-order valence-electron chi connectivity index (χ1n) is 6.40. The molecular formula is C14H16F3NO2. The van der Waals surface area contributed by atoms with Crippen LogP contribution in [0.3, 0.4) is 0 Å². The molecule has 1 fully saturated rings. The maximum Gasteiger partial charge on any atom is 0.416 e. The van der Waals surface area contributed by atoms with E-state index < -0.39 is 11.7 Å². The topological polar surface area (TPSA) is 38.3 Å². The Balaban J connectivity index is 1.99. The van der Waals surface area contributed by atoms with Crippen LogP contribution in [0.15, 0.2) is 24.3 Å². The lowest BCUT2D eigenvalue weighted by Crippen LogP contribution is -2.43. The highest BCUT2D eigenvalue weighted by Crippen LogP contribution is 2.31. The highest BCUT2D eigenvalue weighted by molar-refractivity contribution is 5.75. The third-order valence-electron chi connectivity index (χ3n) is 3.61. The molecule has 0 unspecified atom stereocenters. The molecule has 20 heavy (non-hydrogen) atoms. The Bertz CT molecular complexity index is 462. The van der Waals surface area contributed by atoms with E-state index in [0.717, 1.165) is 24.1 Å². The normalized spacial score (nSPS) is 23.4. The standard InChI is InChI=1S/C14H16F3NO2/c1-20-13(19)12-7-4-10(8-18-12)9-2-5-11(6-3-9)14(15,16)17/h2-3,5-6,10,12,18H,4,7-8H2,1H3/t10-,12-/m1/s1. The van der Waals surface area contributed by atoms with Gasteiger partial charge in [-0.2, -0.15) is 13.2 Å². The fourth-order valence-corrected chi connectivity index (χ4v) is 2.43. The monoisotopic (exact) mass is 287 g/mol. The second-order valence-corrected chi connectivity index (χ2v) is 4.88. The van der Waals surface area contributed by atoms with Crippen molar-refractivity contribution in [2.24, 2.45) is 0 Å². The van der Waals surface area contributed by atoms with Gasteiger partial charge in [-0.05, 0) is 36.5 Å². The molecule has 1 saturated heterocycles. The molecule has 3 nitrogen and oxygen atoms in total. The number of carbonyl (C=O) groups excluding carboxylic acids is 1. The molecule has 1 heterocycles. The van der Waals surface area contributed by atoms with Crippen molar-refractivity contribution in [2.45, 2.75) is 31.0 Å². The molecular weight excluding hydrogens is 271 g/mol. The average Bonchev–Trinajstić information content (AvgIpc) is 2.46. The van der Waals surface area contributed by atoms with Crippen molar-refractivity contribution < 1.29 is 22.7 Å².